The van der Waals surface area contributed by atoms with E-state index in [-0.39, 0.29) is 39.1 Å². The number of carbonyl (C=O) groups is 2. The second-order valence-electron chi connectivity index (χ2n) is 7.40. The summed E-state index contributed by atoms with van der Waals surface area (Å²) in [4.78, 5) is 53.0. The Labute approximate surface area is 201 Å². The fraction of sp³-hybridized carbons (Fsp3) is 0.227. The maximum Gasteiger partial charge on any atom is 0.412 e. The molecule has 0 spiro atoms. The van der Waals surface area contributed by atoms with Gasteiger partial charge in [0.2, 0.25) is 0 Å². The van der Waals surface area contributed by atoms with Crippen molar-refractivity contribution in [2.75, 3.05) is 19.5 Å². The van der Waals surface area contributed by atoms with Gasteiger partial charge in [0.25, 0.3) is 11.5 Å². The highest BCUT2D eigenvalue weighted by Crippen LogP contribution is 2.23. The van der Waals surface area contributed by atoms with E-state index in [0.717, 1.165) is 21.5 Å². The predicted molar refractivity (Wildman–Crippen MR) is 127 cm³/mol. The molecule has 0 aliphatic heterocycles. The number of hydrogen-bond donors (Lipinski definition) is 3. The maximum atomic E-state index is 13.1. The van der Waals surface area contributed by atoms with Crippen LogP contribution in [-0.4, -0.2) is 40.9 Å². The highest BCUT2D eigenvalue weighted by Gasteiger charge is 2.22. The van der Waals surface area contributed by atoms with E-state index in [1.165, 1.54) is 19.2 Å². The van der Waals surface area contributed by atoms with Gasteiger partial charge in [-0.05, 0) is 30.7 Å². The van der Waals surface area contributed by atoms with Crippen LogP contribution in [0.3, 0.4) is 0 Å². The first-order valence-corrected chi connectivity index (χ1v) is 11.1. The first-order valence-electron chi connectivity index (χ1n) is 10.3. The average molecular weight is 500 g/mol. The molecule has 0 bridgehead atoms. The van der Waals surface area contributed by atoms with Gasteiger partial charge in [0.15, 0.2) is 11.6 Å². The van der Waals surface area contributed by atoms with E-state index in [1.807, 2.05) is 12.1 Å². The molecule has 35 heavy (non-hydrogen) atoms. The highest BCUT2D eigenvalue weighted by atomic mass is 32.1. The van der Waals surface area contributed by atoms with Crippen molar-refractivity contribution in [1.29, 1.82) is 0 Å². The Hall–Kier alpha value is -4.39. The molecule has 3 aromatic heterocycles. The molecule has 182 valence electrons. The molecule has 0 fully saturated rings. The predicted octanol–water partition coefficient (Wildman–Crippen LogP) is 2.47. The quantitative estimate of drug-likeness (QED) is 0.350. The average Bonchev–Trinajstić information content (AvgIpc) is 3.50. The Balaban J connectivity index is 1.56. The molecule has 0 aliphatic rings. The lowest BCUT2D eigenvalue weighted by atomic mass is 10.2. The third-order valence-electron chi connectivity index (χ3n) is 5.20. The minimum Gasteiger partial charge on any atom is -0.497 e. The molecular formula is C22H21N5O7S. The molecule has 1 aromatic carbocycles. The zero-order chi connectivity index (χ0) is 25.1. The summed E-state index contributed by atoms with van der Waals surface area (Å²) >= 11 is 1.01. The molecule has 0 aliphatic carbocycles. The van der Waals surface area contributed by atoms with E-state index in [0.29, 0.717) is 5.75 Å². The number of thiophene rings is 1. The molecule has 3 N–H and O–H groups in total. The van der Waals surface area contributed by atoms with Crippen molar-refractivity contribution in [3.63, 3.8) is 0 Å². The van der Waals surface area contributed by atoms with E-state index in [1.54, 1.807) is 26.2 Å². The lowest BCUT2D eigenvalue weighted by Gasteiger charge is -2.10. The van der Waals surface area contributed by atoms with E-state index < -0.39 is 23.4 Å². The Bertz CT molecular complexity index is 1500. The molecule has 0 radical (unpaired) electrons. The van der Waals surface area contributed by atoms with Crippen molar-refractivity contribution in [2.24, 2.45) is 0 Å². The van der Waals surface area contributed by atoms with Crippen molar-refractivity contribution in [3.8, 4) is 5.75 Å². The van der Waals surface area contributed by atoms with Crippen LogP contribution in [0.1, 0.15) is 34.0 Å². The second-order valence-corrected chi connectivity index (χ2v) is 8.45. The molecule has 4 aromatic rings. The number of rotatable bonds is 7. The van der Waals surface area contributed by atoms with E-state index >= 15 is 0 Å². The molecule has 0 saturated carbocycles. The van der Waals surface area contributed by atoms with Crippen LogP contribution in [0, 0.1) is 0 Å². The molecule has 3 heterocycles. The maximum absolute atomic E-state index is 13.1. The molecule has 12 nitrogen and oxygen atoms in total. The summed E-state index contributed by atoms with van der Waals surface area (Å²) in [5, 5.41) is 9.00. The van der Waals surface area contributed by atoms with Crippen molar-refractivity contribution in [1.82, 2.24) is 20.0 Å². The molecule has 1 unspecified atom stereocenters. The number of nitrogens with zero attached hydrogens (tertiary/aromatic N) is 2. The molecule has 13 heteroatoms. The SMILES string of the molecule is COC(=O)Nc1cc(C(C)n2c(=O)[nH]c3sc(C(=O)NCc4ccc(OC)cc4)cc3c2=O)on1. The number of H-pyrrole nitrogens is 1. The molecular weight excluding hydrogens is 478 g/mol. The molecule has 2 amide bonds. The van der Waals surface area contributed by atoms with Crippen LogP contribution in [-0.2, 0) is 11.3 Å². The fourth-order valence-corrected chi connectivity index (χ4v) is 4.28. The van der Waals surface area contributed by atoms with Gasteiger partial charge in [0.05, 0.1) is 30.5 Å². The van der Waals surface area contributed by atoms with E-state index in [2.05, 4.69) is 25.5 Å². The van der Waals surface area contributed by atoms with Crippen LogP contribution in [0.4, 0.5) is 10.6 Å². The number of fused-ring (bicyclic) bond motifs is 1. The lowest BCUT2D eigenvalue weighted by Crippen LogP contribution is -2.37. The number of hydrogen-bond acceptors (Lipinski definition) is 9. The normalized spacial score (nSPS) is 11.7. The number of nitrogens with one attached hydrogen (secondary N) is 3. The number of ether oxygens (including phenoxy) is 2. The third-order valence-corrected chi connectivity index (χ3v) is 6.25. The number of methoxy groups -OCH3 is 2. The van der Waals surface area contributed by atoms with Crippen LogP contribution < -0.4 is 26.6 Å². The Morgan fingerprint density at radius 3 is 2.63 bits per heavy atom. The smallest absolute Gasteiger partial charge is 0.412 e. The van der Waals surface area contributed by atoms with E-state index in [9.17, 15) is 19.2 Å². The Kier molecular flexibility index (Phi) is 6.68. The molecule has 0 saturated heterocycles. The summed E-state index contributed by atoms with van der Waals surface area (Å²) in [5.74, 6) is 0.558. The van der Waals surface area contributed by atoms with Gasteiger partial charge in [-0.2, -0.15) is 0 Å². The van der Waals surface area contributed by atoms with Gasteiger partial charge in [-0.15, -0.1) is 11.3 Å². The number of amides is 2. The van der Waals surface area contributed by atoms with Crippen LogP contribution in [0.15, 0.2) is 50.5 Å². The van der Waals surface area contributed by atoms with Gasteiger partial charge in [0, 0.05) is 12.6 Å². The first kappa shape index (κ1) is 23.8. The van der Waals surface area contributed by atoms with Crippen molar-refractivity contribution in [2.45, 2.75) is 19.5 Å². The third kappa shape index (κ3) is 4.94. The molecule has 4 rings (SSSR count). The topological polar surface area (TPSA) is 158 Å². The van der Waals surface area contributed by atoms with E-state index in [4.69, 9.17) is 9.26 Å². The van der Waals surface area contributed by atoms with Crippen LogP contribution >= 0.6 is 11.3 Å². The first-order chi connectivity index (χ1) is 16.8. The number of aromatic nitrogens is 3. The molecule has 1 atom stereocenters. The van der Waals surface area contributed by atoms with Gasteiger partial charge >= 0.3 is 11.8 Å². The number of anilines is 1. The summed E-state index contributed by atoms with van der Waals surface area (Å²) in [6.07, 6.45) is -0.745. The number of benzene rings is 1. The van der Waals surface area contributed by atoms with Crippen LogP contribution in [0.25, 0.3) is 10.2 Å². The van der Waals surface area contributed by atoms with Crippen molar-refractivity contribution < 1.29 is 23.6 Å². The van der Waals surface area contributed by atoms with Gasteiger partial charge in [-0.1, -0.05) is 17.3 Å². The summed E-state index contributed by atoms with van der Waals surface area (Å²) in [5.41, 5.74) is -0.403. The van der Waals surface area contributed by atoms with Gasteiger partial charge in [0.1, 0.15) is 10.6 Å². The Morgan fingerprint density at radius 2 is 1.94 bits per heavy atom. The minimum atomic E-state index is -0.844. The fourth-order valence-electron chi connectivity index (χ4n) is 3.33. The van der Waals surface area contributed by atoms with Crippen molar-refractivity contribution >= 4 is 39.4 Å². The van der Waals surface area contributed by atoms with Crippen molar-refractivity contribution in [3.05, 3.63) is 73.4 Å². The van der Waals surface area contributed by atoms with Gasteiger partial charge < -0.3 is 19.3 Å². The monoisotopic (exact) mass is 499 g/mol. The lowest BCUT2D eigenvalue weighted by molar-refractivity contribution is 0.0955. The van der Waals surface area contributed by atoms with Gasteiger partial charge in [-0.3, -0.25) is 19.9 Å². The second kappa shape index (κ2) is 9.85. The zero-order valence-corrected chi connectivity index (χ0v) is 19.7. The van der Waals surface area contributed by atoms with Gasteiger partial charge in [-0.25, -0.2) is 14.2 Å². The summed E-state index contributed by atoms with van der Waals surface area (Å²) in [7, 11) is 2.77. The van der Waals surface area contributed by atoms with Crippen LogP contribution in [0.2, 0.25) is 0 Å². The minimum absolute atomic E-state index is 0.0654. The Morgan fingerprint density at radius 1 is 1.20 bits per heavy atom. The summed E-state index contributed by atoms with van der Waals surface area (Å²) in [6, 6.07) is 9.22. The number of aromatic amines is 1. The zero-order valence-electron chi connectivity index (χ0n) is 18.9. The van der Waals surface area contributed by atoms with Crippen LogP contribution in [0.5, 0.6) is 5.75 Å². The highest BCUT2D eigenvalue weighted by molar-refractivity contribution is 7.20. The number of carbonyl (C=O) groups excluding carboxylic acids is 2. The summed E-state index contributed by atoms with van der Waals surface area (Å²) < 4.78 is 15.7. The summed E-state index contributed by atoms with van der Waals surface area (Å²) in [6.45, 7) is 1.85. The standard InChI is InChI=1S/C22H21N5O7S/c1-11(15-9-17(26-34-15)24-22(31)33-3)27-20(29)14-8-16(35-19(14)25-21(27)30)18(28)23-10-12-4-6-13(32-2)7-5-12/h4-9,11H,10H2,1-3H3,(H,23,28)(H,25,30)(H,24,26,31). The largest absolute Gasteiger partial charge is 0.497 e.